The molecule has 0 saturated heterocycles. The number of nitrogens with one attached hydrogen (secondary N) is 1. The zero-order valence-electron chi connectivity index (χ0n) is 10.4. The summed E-state index contributed by atoms with van der Waals surface area (Å²) in [6.07, 6.45) is 4.39. The second-order valence-corrected chi connectivity index (χ2v) is 5.54. The summed E-state index contributed by atoms with van der Waals surface area (Å²) in [6.45, 7) is 1.89. The highest BCUT2D eigenvalue weighted by Gasteiger charge is 2.17. The number of amides is 1. The lowest BCUT2D eigenvalue weighted by Gasteiger charge is -2.10. The van der Waals surface area contributed by atoms with E-state index in [4.69, 9.17) is 4.74 Å². The lowest BCUT2D eigenvalue weighted by molar-refractivity contribution is 0.0954. The van der Waals surface area contributed by atoms with E-state index in [1.54, 1.807) is 23.7 Å². The number of hydrogen-bond donors (Lipinski definition) is 1. The van der Waals surface area contributed by atoms with Gasteiger partial charge in [0.2, 0.25) is 0 Å². The average Bonchev–Trinajstić information content (AvgIpc) is 2.90. The minimum Gasteiger partial charge on any atom is -0.376 e. The first kappa shape index (κ1) is 12.3. The van der Waals surface area contributed by atoms with Gasteiger partial charge in [-0.3, -0.25) is 9.78 Å². The molecule has 19 heavy (non-hydrogen) atoms. The number of carbonyl (C=O) groups excluding carboxylic acids is 1. The molecule has 0 bridgehead atoms. The summed E-state index contributed by atoms with van der Waals surface area (Å²) in [5.74, 6) is -0.0248. The molecule has 0 unspecified atom stereocenters. The van der Waals surface area contributed by atoms with E-state index in [1.807, 2.05) is 18.2 Å². The predicted octanol–water partition coefficient (Wildman–Crippen LogP) is 2.15. The van der Waals surface area contributed by atoms with Gasteiger partial charge in [-0.05, 0) is 23.3 Å². The van der Waals surface area contributed by atoms with Gasteiger partial charge < -0.3 is 10.1 Å². The molecule has 0 aromatic carbocycles. The van der Waals surface area contributed by atoms with Crippen molar-refractivity contribution in [2.75, 3.05) is 6.61 Å². The third-order valence-electron chi connectivity index (χ3n) is 3.03. The molecule has 1 N–H and O–H groups in total. The van der Waals surface area contributed by atoms with E-state index < -0.39 is 0 Å². The van der Waals surface area contributed by atoms with Crippen LogP contribution in [0.1, 0.15) is 25.7 Å². The highest BCUT2D eigenvalue weighted by Crippen LogP contribution is 2.26. The number of pyridine rings is 1. The Labute approximate surface area is 115 Å². The fraction of sp³-hybridized carbons (Fsp3) is 0.286. The highest BCUT2D eigenvalue weighted by molar-refractivity contribution is 7.14. The molecule has 1 aliphatic rings. The zero-order chi connectivity index (χ0) is 13.1. The first-order valence-electron chi connectivity index (χ1n) is 6.19. The van der Waals surface area contributed by atoms with Crippen LogP contribution in [0.2, 0.25) is 0 Å². The van der Waals surface area contributed by atoms with E-state index in [-0.39, 0.29) is 5.91 Å². The van der Waals surface area contributed by atoms with Crippen LogP contribution in [0.25, 0.3) is 0 Å². The SMILES string of the molecule is O=C(NCc1cccnc1)c1cc2c(s1)CCOC2. The van der Waals surface area contributed by atoms with Crippen molar-refractivity contribution in [3.63, 3.8) is 0 Å². The van der Waals surface area contributed by atoms with Crippen molar-refractivity contribution >= 4 is 17.2 Å². The van der Waals surface area contributed by atoms with Crippen LogP contribution < -0.4 is 5.32 Å². The molecule has 98 valence electrons. The van der Waals surface area contributed by atoms with Gasteiger partial charge in [-0.15, -0.1) is 11.3 Å². The fourth-order valence-corrected chi connectivity index (χ4v) is 3.10. The number of rotatable bonds is 3. The van der Waals surface area contributed by atoms with E-state index in [9.17, 15) is 4.79 Å². The van der Waals surface area contributed by atoms with Crippen LogP contribution in [0.3, 0.4) is 0 Å². The predicted molar refractivity (Wildman–Crippen MR) is 73.1 cm³/mol. The summed E-state index contributed by atoms with van der Waals surface area (Å²) in [5.41, 5.74) is 2.16. The number of thiophene rings is 1. The first-order chi connectivity index (χ1) is 9.33. The average molecular weight is 274 g/mol. The summed E-state index contributed by atoms with van der Waals surface area (Å²) in [4.78, 5) is 18.1. The van der Waals surface area contributed by atoms with Crippen LogP contribution >= 0.6 is 11.3 Å². The molecule has 0 aliphatic carbocycles. The van der Waals surface area contributed by atoms with E-state index in [1.165, 1.54) is 4.88 Å². The number of aromatic nitrogens is 1. The molecule has 0 spiro atoms. The minimum absolute atomic E-state index is 0.0248. The molecule has 2 aromatic heterocycles. The van der Waals surface area contributed by atoms with Gasteiger partial charge in [0.25, 0.3) is 5.91 Å². The second kappa shape index (κ2) is 5.50. The van der Waals surface area contributed by atoms with Gasteiger partial charge in [-0.2, -0.15) is 0 Å². The minimum atomic E-state index is -0.0248. The second-order valence-electron chi connectivity index (χ2n) is 4.41. The maximum atomic E-state index is 12.1. The van der Waals surface area contributed by atoms with Gasteiger partial charge in [-0.25, -0.2) is 0 Å². The molecule has 0 saturated carbocycles. The van der Waals surface area contributed by atoms with Crippen molar-refractivity contribution in [1.29, 1.82) is 0 Å². The molecule has 2 aromatic rings. The lowest BCUT2D eigenvalue weighted by Crippen LogP contribution is -2.21. The summed E-state index contributed by atoms with van der Waals surface area (Å²) in [7, 11) is 0. The van der Waals surface area contributed by atoms with E-state index in [0.29, 0.717) is 13.2 Å². The molecule has 5 heteroatoms. The van der Waals surface area contributed by atoms with Crippen LogP contribution in [0.4, 0.5) is 0 Å². The molecule has 1 amide bonds. The topological polar surface area (TPSA) is 51.2 Å². The van der Waals surface area contributed by atoms with E-state index in [2.05, 4.69) is 10.3 Å². The van der Waals surface area contributed by atoms with Gasteiger partial charge in [0.15, 0.2) is 0 Å². The number of carbonyl (C=O) groups is 1. The third-order valence-corrected chi connectivity index (χ3v) is 4.26. The van der Waals surface area contributed by atoms with Crippen LogP contribution in [-0.4, -0.2) is 17.5 Å². The molecule has 0 radical (unpaired) electrons. The Morgan fingerprint density at radius 3 is 3.26 bits per heavy atom. The van der Waals surface area contributed by atoms with Crippen molar-refractivity contribution in [3.05, 3.63) is 51.5 Å². The van der Waals surface area contributed by atoms with Gasteiger partial charge in [0, 0.05) is 30.2 Å². The Morgan fingerprint density at radius 2 is 2.47 bits per heavy atom. The Balaban J connectivity index is 1.65. The van der Waals surface area contributed by atoms with E-state index >= 15 is 0 Å². The maximum absolute atomic E-state index is 12.1. The molecular formula is C14H14N2O2S. The monoisotopic (exact) mass is 274 g/mol. The van der Waals surface area contributed by atoms with Crippen LogP contribution in [0.15, 0.2) is 30.6 Å². The number of fused-ring (bicyclic) bond motifs is 1. The Kier molecular flexibility index (Phi) is 3.57. The van der Waals surface area contributed by atoms with Gasteiger partial charge in [-0.1, -0.05) is 6.07 Å². The summed E-state index contributed by atoms with van der Waals surface area (Å²) < 4.78 is 5.38. The van der Waals surface area contributed by atoms with Gasteiger partial charge >= 0.3 is 0 Å². The van der Waals surface area contributed by atoms with Crippen LogP contribution in [-0.2, 0) is 24.3 Å². The quantitative estimate of drug-likeness (QED) is 0.933. The summed E-state index contributed by atoms with van der Waals surface area (Å²) in [5, 5.41) is 2.92. The molecule has 3 heterocycles. The van der Waals surface area contributed by atoms with Crippen molar-refractivity contribution in [2.24, 2.45) is 0 Å². The summed E-state index contributed by atoms with van der Waals surface area (Å²) in [6, 6.07) is 5.75. The Hall–Kier alpha value is -1.72. The van der Waals surface area contributed by atoms with Crippen LogP contribution in [0.5, 0.6) is 0 Å². The third kappa shape index (κ3) is 2.83. The summed E-state index contributed by atoms with van der Waals surface area (Å²) >= 11 is 1.57. The van der Waals surface area contributed by atoms with Crippen molar-refractivity contribution in [2.45, 2.75) is 19.6 Å². The Bertz CT molecular complexity index is 557. The molecule has 4 nitrogen and oxygen atoms in total. The molecule has 1 aliphatic heterocycles. The Morgan fingerprint density at radius 1 is 1.53 bits per heavy atom. The molecule has 3 rings (SSSR count). The van der Waals surface area contributed by atoms with Crippen molar-refractivity contribution in [3.8, 4) is 0 Å². The number of hydrogen-bond acceptors (Lipinski definition) is 4. The van der Waals surface area contributed by atoms with E-state index in [0.717, 1.165) is 29.0 Å². The standard InChI is InChI=1S/C14H14N2O2S/c17-14(16-8-10-2-1-4-15-7-10)13-6-11-9-18-5-3-12(11)19-13/h1-2,4,6-7H,3,5,8-9H2,(H,16,17). The maximum Gasteiger partial charge on any atom is 0.261 e. The number of nitrogens with zero attached hydrogens (tertiary/aromatic N) is 1. The van der Waals surface area contributed by atoms with Gasteiger partial charge in [0.05, 0.1) is 18.1 Å². The first-order valence-corrected chi connectivity index (χ1v) is 7.01. The van der Waals surface area contributed by atoms with Crippen molar-refractivity contribution in [1.82, 2.24) is 10.3 Å². The smallest absolute Gasteiger partial charge is 0.261 e. The molecular weight excluding hydrogens is 260 g/mol. The van der Waals surface area contributed by atoms with Gasteiger partial charge in [0.1, 0.15) is 0 Å². The van der Waals surface area contributed by atoms with Crippen molar-refractivity contribution < 1.29 is 9.53 Å². The lowest BCUT2D eigenvalue weighted by atomic mass is 10.2. The largest absolute Gasteiger partial charge is 0.376 e. The molecule has 0 fully saturated rings. The fourth-order valence-electron chi connectivity index (χ4n) is 2.03. The van der Waals surface area contributed by atoms with Crippen LogP contribution in [0, 0.1) is 0 Å². The normalized spacial score (nSPS) is 13.9. The zero-order valence-corrected chi connectivity index (χ0v) is 11.2. The highest BCUT2D eigenvalue weighted by atomic mass is 32.1. The number of ether oxygens (including phenoxy) is 1. The molecule has 0 atom stereocenters.